The normalized spacial score (nSPS) is 9.64. The lowest BCUT2D eigenvalue weighted by Crippen LogP contribution is -2.00. The molecule has 1 rings (SSSR count). The number of aromatic nitrogens is 1. The van der Waals surface area contributed by atoms with Gasteiger partial charge in [0.1, 0.15) is 0 Å². The second-order valence-corrected chi connectivity index (χ2v) is 2.47. The Morgan fingerprint density at radius 3 is 2.73 bits per heavy atom. The predicted molar refractivity (Wildman–Crippen MR) is 43.5 cm³/mol. The first-order valence-corrected chi connectivity index (χ1v) is 3.34. The van der Waals surface area contributed by atoms with E-state index >= 15 is 0 Å². The Hall–Kier alpha value is -1.38. The van der Waals surface area contributed by atoms with Gasteiger partial charge in [-0.3, -0.25) is 9.78 Å². The van der Waals surface area contributed by atoms with Crippen molar-refractivity contribution in [1.82, 2.24) is 4.98 Å². The fourth-order valence-electron chi connectivity index (χ4n) is 0.966. The van der Waals surface area contributed by atoms with Crippen molar-refractivity contribution in [3.63, 3.8) is 0 Å². The number of anilines is 1. The first-order valence-electron chi connectivity index (χ1n) is 3.34. The van der Waals surface area contributed by atoms with Gasteiger partial charge in [0, 0.05) is 11.3 Å². The molecule has 0 aliphatic heterocycles. The summed E-state index contributed by atoms with van der Waals surface area (Å²) in [5, 5.41) is 0. The Bertz CT molecular complexity index is 294. The second kappa shape index (κ2) is 2.70. The van der Waals surface area contributed by atoms with Crippen molar-refractivity contribution in [2.24, 2.45) is 0 Å². The highest BCUT2D eigenvalue weighted by Gasteiger charge is 2.02. The fraction of sp³-hybridized carbons (Fsp3) is 0.250. The van der Waals surface area contributed by atoms with E-state index in [0.717, 1.165) is 12.0 Å². The number of hydrogen-bond acceptors (Lipinski definition) is 3. The van der Waals surface area contributed by atoms with E-state index in [-0.39, 0.29) is 0 Å². The zero-order valence-corrected chi connectivity index (χ0v) is 6.59. The van der Waals surface area contributed by atoms with Crippen molar-refractivity contribution in [3.05, 3.63) is 23.0 Å². The SMILES string of the molecule is Cc1cc(C=O)c(N)c(C)n1. The molecule has 0 aromatic carbocycles. The minimum atomic E-state index is 0.477. The van der Waals surface area contributed by atoms with E-state index in [9.17, 15) is 4.79 Å². The average molecular weight is 150 g/mol. The summed E-state index contributed by atoms with van der Waals surface area (Å²) in [4.78, 5) is 14.5. The monoisotopic (exact) mass is 150 g/mol. The largest absolute Gasteiger partial charge is 0.397 e. The molecule has 1 heterocycles. The molecule has 3 heteroatoms. The van der Waals surface area contributed by atoms with Crippen LogP contribution in [0.25, 0.3) is 0 Å². The first-order chi connectivity index (χ1) is 5.15. The zero-order chi connectivity index (χ0) is 8.43. The average Bonchev–Trinajstić information content (AvgIpc) is 1.96. The number of aldehydes is 1. The topological polar surface area (TPSA) is 56.0 Å². The van der Waals surface area contributed by atoms with E-state index in [0.29, 0.717) is 16.9 Å². The van der Waals surface area contributed by atoms with Crippen molar-refractivity contribution < 1.29 is 4.79 Å². The van der Waals surface area contributed by atoms with E-state index < -0.39 is 0 Å². The number of carbonyl (C=O) groups excluding carboxylic acids is 1. The molecular weight excluding hydrogens is 140 g/mol. The maximum atomic E-state index is 10.4. The molecule has 0 unspecified atom stereocenters. The third-order valence-corrected chi connectivity index (χ3v) is 1.54. The number of hydrogen-bond donors (Lipinski definition) is 1. The number of rotatable bonds is 1. The summed E-state index contributed by atoms with van der Waals surface area (Å²) < 4.78 is 0. The smallest absolute Gasteiger partial charge is 0.152 e. The number of nitrogens with zero attached hydrogens (tertiary/aromatic N) is 1. The molecule has 0 spiro atoms. The Balaban J connectivity index is 3.35. The Labute approximate surface area is 65.2 Å². The van der Waals surface area contributed by atoms with Gasteiger partial charge < -0.3 is 5.73 Å². The highest BCUT2D eigenvalue weighted by molar-refractivity contribution is 5.83. The molecule has 0 fully saturated rings. The lowest BCUT2D eigenvalue weighted by molar-refractivity contribution is 0.112. The van der Waals surface area contributed by atoms with Crippen LogP contribution in [0, 0.1) is 13.8 Å². The molecule has 0 bridgehead atoms. The molecule has 11 heavy (non-hydrogen) atoms. The van der Waals surface area contributed by atoms with E-state index in [1.807, 2.05) is 6.92 Å². The van der Waals surface area contributed by atoms with Crippen molar-refractivity contribution in [2.75, 3.05) is 5.73 Å². The standard InChI is InChI=1S/C8H10N2O/c1-5-3-7(4-11)8(9)6(2)10-5/h3-4H,9H2,1-2H3. The van der Waals surface area contributed by atoms with Crippen LogP contribution in [0.5, 0.6) is 0 Å². The van der Waals surface area contributed by atoms with E-state index in [4.69, 9.17) is 5.73 Å². The lowest BCUT2D eigenvalue weighted by Gasteiger charge is -2.02. The number of pyridine rings is 1. The maximum absolute atomic E-state index is 10.4. The number of aryl methyl sites for hydroxylation is 2. The minimum Gasteiger partial charge on any atom is -0.397 e. The third-order valence-electron chi connectivity index (χ3n) is 1.54. The van der Waals surface area contributed by atoms with Gasteiger partial charge in [-0.1, -0.05) is 0 Å². The van der Waals surface area contributed by atoms with Crippen molar-refractivity contribution >= 4 is 12.0 Å². The minimum absolute atomic E-state index is 0.477. The number of nitrogen functional groups attached to an aromatic ring is 1. The van der Waals surface area contributed by atoms with Gasteiger partial charge in [0.25, 0.3) is 0 Å². The fourth-order valence-corrected chi connectivity index (χ4v) is 0.966. The summed E-state index contributed by atoms with van der Waals surface area (Å²) in [5.74, 6) is 0. The highest BCUT2D eigenvalue weighted by atomic mass is 16.1. The molecule has 0 saturated carbocycles. The second-order valence-electron chi connectivity index (χ2n) is 2.47. The van der Waals surface area contributed by atoms with Crippen LogP contribution in [0.4, 0.5) is 5.69 Å². The molecule has 0 aliphatic carbocycles. The van der Waals surface area contributed by atoms with Crippen LogP contribution in [0.2, 0.25) is 0 Å². The molecule has 1 aromatic heterocycles. The molecule has 1 aromatic rings. The van der Waals surface area contributed by atoms with Crippen LogP contribution >= 0.6 is 0 Å². The lowest BCUT2D eigenvalue weighted by atomic mass is 10.2. The van der Waals surface area contributed by atoms with E-state index in [1.54, 1.807) is 13.0 Å². The molecule has 58 valence electrons. The van der Waals surface area contributed by atoms with Crippen LogP contribution in [-0.2, 0) is 0 Å². The first kappa shape index (κ1) is 7.72. The maximum Gasteiger partial charge on any atom is 0.152 e. The Morgan fingerprint density at radius 2 is 2.18 bits per heavy atom. The quantitative estimate of drug-likeness (QED) is 0.610. The third kappa shape index (κ3) is 1.37. The van der Waals surface area contributed by atoms with Gasteiger partial charge in [-0.2, -0.15) is 0 Å². The van der Waals surface area contributed by atoms with Crippen LogP contribution in [0.15, 0.2) is 6.07 Å². The van der Waals surface area contributed by atoms with Gasteiger partial charge in [-0.25, -0.2) is 0 Å². The van der Waals surface area contributed by atoms with Crippen molar-refractivity contribution in [1.29, 1.82) is 0 Å². The van der Waals surface area contributed by atoms with E-state index in [1.165, 1.54) is 0 Å². The zero-order valence-electron chi connectivity index (χ0n) is 6.59. The summed E-state index contributed by atoms with van der Waals surface area (Å²) in [6.07, 6.45) is 0.747. The molecular formula is C8H10N2O. The predicted octanol–water partition coefficient (Wildman–Crippen LogP) is 1.09. The summed E-state index contributed by atoms with van der Waals surface area (Å²) in [5.41, 5.74) is 8.10. The Kier molecular flexibility index (Phi) is 1.89. The molecule has 0 saturated heterocycles. The molecule has 0 amide bonds. The van der Waals surface area contributed by atoms with Gasteiger partial charge in [0.05, 0.1) is 11.4 Å². The molecule has 0 atom stereocenters. The highest BCUT2D eigenvalue weighted by Crippen LogP contribution is 2.13. The van der Waals surface area contributed by atoms with E-state index in [2.05, 4.69) is 4.98 Å². The Morgan fingerprint density at radius 1 is 1.55 bits per heavy atom. The van der Waals surface area contributed by atoms with Crippen molar-refractivity contribution in [2.45, 2.75) is 13.8 Å². The summed E-state index contributed by atoms with van der Waals surface area (Å²) in [7, 11) is 0. The number of nitrogens with two attached hydrogens (primary N) is 1. The van der Waals surface area contributed by atoms with Crippen LogP contribution in [0.1, 0.15) is 21.7 Å². The van der Waals surface area contributed by atoms with Gasteiger partial charge in [-0.15, -0.1) is 0 Å². The number of carbonyl (C=O) groups is 1. The van der Waals surface area contributed by atoms with Crippen LogP contribution in [-0.4, -0.2) is 11.3 Å². The summed E-state index contributed by atoms with van der Waals surface area (Å²) in [6, 6.07) is 1.68. The molecule has 3 nitrogen and oxygen atoms in total. The van der Waals surface area contributed by atoms with Gasteiger partial charge in [-0.05, 0) is 19.9 Å². The summed E-state index contributed by atoms with van der Waals surface area (Å²) in [6.45, 7) is 3.62. The van der Waals surface area contributed by atoms with Gasteiger partial charge in [0.15, 0.2) is 6.29 Å². The van der Waals surface area contributed by atoms with Crippen LogP contribution in [0.3, 0.4) is 0 Å². The molecule has 0 aliphatic rings. The van der Waals surface area contributed by atoms with Gasteiger partial charge in [0.2, 0.25) is 0 Å². The summed E-state index contributed by atoms with van der Waals surface area (Å²) >= 11 is 0. The van der Waals surface area contributed by atoms with Crippen molar-refractivity contribution in [3.8, 4) is 0 Å². The molecule has 0 radical (unpaired) electrons. The van der Waals surface area contributed by atoms with Crippen LogP contribution < -0.4 is 5.73 Å². The molecule has 2 N–H and O–H groups in total. The van der Waals surface area contributed by atoms with Gasteiger partial charge >= 0.3 is 0 Å².